The summed E-state index contributed by atoms with van der Waals surface area (Å²) in [4.78, 5) is 35.7. The second-order valence-corrected chi connectivity index (χ2v) is 5.14. The second kappa shape index (κ2) is 5.99. The molecule has 0 saturated carbocycles. The van der Waals surface area contributed by atoms with E-state index in [1.807, 2.05) is 30.3 Å². The van der Waals surface area contributed by atoms with Crippen LogP contribution in [0.2, 0.25) is 0 Å². The number of benzene rings is 1. The highest BCUT2D eigenvalue weighted by atomic mass is 16.5. The highest BCUT2D eigenvalue weighted by molar-refractivity contribution is 6.09. The predicted octanol–water partition coefficient (Wildman–Crippen LogP) is 2.10. The topological polar surface area (TPSA) is 60.4 Å². The minimum atomic E-state index is -1.17. The van der Waals surface area contributed by atoms with E-state index in [1.165, 1.54) is 0 Å². The van der Waals surface area contributed by atoms with Crippen molar-refractivity contribution < 1.29 is 19.1 Å². The van der Waals surface area contributed by atoms with Gasteiger partial charge in [-0.15, -0.1) is 0 Å². The van der Waals surface area contributed by atoms with Crippen molar-refractivity contribution in [3.8, 4) is 0 Å². The summed E-state index contributed by atoms with van der Waals surface area (Å²) in [5.41, 5.74) is -0.268. The number of carbonyl (C=O) groups excluding carboxylic acids is 3. The maximum Gasteiger partial charge on any atom is 0.320 e. The Kier molecular flexibility index (Phi) is 4.32. The van der Waals surface area contributed by atoms with Crippen LogP contribution in [0.1, 0.15) is 31.7 Å². The standard InChI is InChI=1S/C16H18O4/c1-2-13(17)8-9-16(14(18)11-20-15(16)19)10-12-6-4-3-5-7-12/h3-7H,2,8-11H2,1H3/t16-/m0/s1. The van der Waals surface area contributed by atoms with Crippen LogP contribution in [0.5, 0.6) is 0 Å². The third-order valence-electron chi connectivity index (χ3n) is 3.83. The first kappa shape index (κ1) is 14.4. The van der Waals surface area contributed by atoms with E-state index in [0.717, 1.165) is 5.56 Å². The summed E-state index contributed by atoms with van der Waals surface area (Å²) in [6.07, 6.45) is 1.21. The van der Waals surface area contributed by atoms with E-state index >= 15 is 0 Å². The van der Waals surface area contributed by atoms with Gasteiger partial charge in [0.25, 0.3) is 0 Å². The van der Waals surface area contributed by atoms with E-state index in [0.29, 0.717) is 12.8 Å². The van der Waals surface area contributed by atoms with E-state index in [-0.39, 0.29) is 31.0 Å². The third-order valence-corrected chi connectivity index (χ3v) is 3.83. The molecule has 0 amide bonds. The van der Waals surface area contributed by atoms with Gasteiger partial charge >= 0.3 is 5.97 Å². The maximum absolute atomic E-state index is 12.2. The van der Waals surface area contributed by atoms with Crippen LogP contribution >= 0.6 is 0 Å². The fraction of sp³-hybridized carbons (Fsp3) is 0.438. The second-order valence-electron chi connectivity index (χ2n) is 5.14. The lowest BCUT2D eigenvalue weighted by Gasteiger charge is -2.22. The van der Waals surface area contributed by atoms with Crippen LogP contribution in [0.3, 0.4) is 0 Å². The molecule has 4 nitrogen and oxygen atoms in total. The van der Waals surface area contributed by atoms with Gasteiger partial charge in [0.15, 0.2) is 12.4 Å². The minimum absolute atomic E-state index is 0.0601. The van der Waals surface area contributed by atoms with Crippen molar-refractivity contribution in [1.82, 2.24) is 0 Å². The van der Waals surface area contributed by atoms with Gasteiger partial charge in [-0.2, -0.15) is 0 Å². The van der Waals surface area contributed by atoms with Gasteiger partial charge in [-0.1, -0.05) is 37.3 Å². The zero-order valence-corrected chi connectivity index (χ0v) is 11.6. The smallest absolute Gasteiger partial charge is 0.320 e. The van der Waals surface area contributed by atoms with Gasteiger partial charge in [-0.05, 0) is 18.4 Å². The molecule has 0 aliphatic carbocycles. The van der Waals surface area contributed by atoms with Crippen LogP contribution in [-0.4, -0.2) is 24.1 Å². The Labute approximate surface area is 118 Å². The average molecular weight is 274 g/mol. The quantitative estimate of drug-likeness (QED) is 0.589. The molecule has 1 aliphatic rings. The number of ether oxygens (including phenoxy) is 1. The molecule has 2 rings (SSSR count). The number of carbonyl (C=O) groups is 3. The minimum Gasteiger partial charge on any atom is -0.457 e. The fourth-order valence-electron chi connectivity index (χ4n) is 2.50. The summed E-state index contributed by atoms with van der Waals surface area (Å²) in [5.74, 6) is -0.643. The molecule has 0 radical (unpaired) electrons. The molecular weight excluding hydrogens is 256 g/mol. The molecule has 0 N–H and O–H groups in total. The lowest BCUT2D eigenvalue weighted by molar-refractivity contribution is -0.147. The van der Waals surface area contributed by atoms with Crippen molar-refractivity contribution in [2.24, 2.45) is 5.41 Å². The number of cyclic esters (lactones) is 1. The molecule has 1 atom stereocenters. The van der Waals surface area contributed by atoms with Gasteiger partial charge in [0.2, 0.25) is 0 Å². The van der Waals surface area contributed by atoms with Crippen LogP contribution in [0.4, 0.5) is 0 Å². The lowest BCUT2D eigenvalue weighted by atomic mass is 9.75. The molecule has 0 aromatic heterocycles. The molecule has 1 aromatic rings. The number of hydrogen-bond donors (Lipinski definition) is 0. The molecular formula is C16H18O4. The van der Waals surface area contributed by atoms with Gasteiger partial charge in [0.1, 0.15) is 11.2 Å². The largest absolute Gasteiger partial charge is 0.457 e. The SMILES string of the molecule is CCC(=O)CC[C@]1(Cc2ccccc2)C(=O)COC1=O. The zero-order valence-electron chi connectivity index (χ0n) is 11.6. The molecule has 106 valence electrons. The van der Waals surface area contributed by atoms with Gasteiger partial charge in [0.05, 0.1) is 0 Å². The molecule has 4 heteroatoms. The van der Waals surface area contributed by atoms with Crippen molar-refractivity contribution in [2.75, 3.05) is 6.61 Å². The third kappa shape index (κ3) is 2.79. The van der Waals surface area contributed by atoms with E-state index in [1.54, 1.807) is 6.92 Å². The predicted molar refractivity (Wildman–Crippen MR) is 73.1 cm³/mol. The first-order valence-electron chi connectivity index (χ1n) is 6.84. The van der Waals surface area contributed by atoms with Crippen LogP contribution in [0.25, 0.3) is 0 Å². The molecule has 20 heavy (non-hydrogen) atoms. The molecule has 1 heterocycles. The van der Waals surface area contributed by atoms with Crippen molar-refractivity contribution in [1.29, 1.82) is 0 Å². The summed E-state index contributed by atoms with van der Waals surface area (Å²) >= 11 is 0. The Balaban J connectivity index is 2.22. The summed E-state index contributed by atoms with van der Waals surface area (Å²) in [6, 6.07) is 9.37. The number of rotatable bonds is 6. The van der Waals surface area contributed by atoms with E-state index in [2.05, 4.69) is 0 Å². The molecule has 0 unspecified atom stereocenters. The van der Waals surface area contributed by atoms with E-state index in [9.17, 15) is 14.4 Å². The van der Waals surface area contributed by atoms with Crippen molar-refractivity contribution in [3.05, 3.63) is 35.9 Å². The van der Waals surface area contributed by atoms with Gasteiger partial charge in [-0.3, -0.25) is 14.4 Å². The highest BCUT2D eigenvalue weighted by Crippen LogP contribution is 2.36. The first-order valence-corrected chi connectivity index (χ1v) is 6.84. The van der Waals surface area contributed by atoms with Gasteiger partial charge in [-0.25, -0.2) is 0 Å². The Bertz CT molecular complexity index is 503. The maximum atomic E-state index is 12.2. The number of ketones is 2. The Morgan fingerprint density at radius 2 is 1.95 bits per heavy atom. The monoisotopic (exact) mass is 274 g/mol. The van der Waals surface area contributed by atoms with Crippen LogP contribution in [0.15, 0.2) is 30.3 Å². The molecule has 0 spiro atoms. The van der Waals surface area contributed by atoms with Crippen molar-refractivity contribution in [3.63, 3.8) is 0 Å². The van der Waals surface area contributed by atoms with E-state index < -0.39 is 11.4 Å². The van der Waals surface area contributed by atoms with Crippen molar-refractivity contribution >= 4 is 17.5 Å². The Morgan fingerprint density at radius 3 is 2.50 bits per heavy atom. The normalized spacial score (nSPS) is 21.9. The fourth-order valence-corrected chi connectivity index (χ4v) is 2.50. The highest BCUT2D eigenvalue weighted by Gasteiger charge is 2.51. The average Bonchev–Trinajstić information content (AvgIpc) is 2.74. The lowest BCUT2D eigenvalue weighted by Crippen LogP contribution is -2.36. The van der Waals surface area contributed by atoms with Gasteiger partial charge in [0, 0.05) is 12.8 Å². The molecule has 1 aliphatic heterocycles. The number of hydrogen-bond acceptors (Lipinski definition) is 4. The summed E-state index contributed by atoms with van der Waals surface area (Å²) in [7, 11) is 0. The summed E-state index contributed by atoms with van der Waals surface area (Å²) in [6.45, 7) is 1.60. The van der Waals surface area contributed by atoms with E-state index in [4.69, 9.17) is 4.74 Å². The van der Waals surface area contributed by atoms with Crippen LogP contribution in [-0.2, 0) is 25.5 Å². The first-order chi connectivity index (χ1) is 9.58. The Hall–Kier alpha value is -1.97. The molecule has 0 bridgehead atoms. The zero-order chi connectivity index (χ0) is 14.6. The van der Waals surface area contributed by atoms with Gasteiger partial charge < -0.3 is 4.74 Å². The molecule has 1 aromatic carbocycles. The number of esters is 1. The summed E-state index contributed by atoms with van der Waals surface area (Å²) in [5, 5.41) is 0. The number of Topliss-reactive ketones (excluding diaryl/α,β-unsaturated/α-hetero) is 2. The van der Waals surface area contributed by atoms with Crippen LogP contribution < -0.4 is 0 Å². The van der Waals surface area contributed by atoms with Crippen molar-refractivity contribution in [2.45, 2.75) is 32.6 Å². The summed E-state index contributed by atoms with van der Waals surface area (Å²) < 4.78 is 4.92. The molecule has 1 fully saturated rings. The van der Waals surface area contributed by atoms with Crippen LogP contribution in [0, 0.1) is 5.41 Å². The Morgan fingerprint density at radius 1 is 1.25 bits per heavy atom. The molecule has 1 saturated heterocycles.